The molecule has 18 heteroatoms. The predicted octanol–water partition coefficient (Wildman–Crippen LogP) is 5.27. The van der Waals surface area contributed by atoms with Crippen molar-refractivity contribution in [2.75, 3.05) is 0 Å². The van der Waals surface area contributed by atoms with Crippen LogP contribution in [-0.2, 0) is 33.7 Å². The van der Waals surface area contributed by atoms with Gasteiger partial charge in [0.05, 0.1) is 17.3 Å². The molecule has 4 heterocycles. The number of hydrogen-bond donors (Lipinski definition) is 1. The lowest BCUT2D eigenvalue weighted by atomic mass is 10.1. The average Bonchev–Trinajstić information content (AvgIpc) is 3.51. The lowest BCUT2D eigenvalue weighted by molar-refractivity contribution is -0.145. The maximum absolute atomic E-state index is 14.8. The molecule has 1 aliphatic heterocycles. The van der Waals surface area contributed by atoms with Gasteiger partial charge in [0.25, 0.3) is 10.0 Å². The standard InChI is InChI=1S/C26H19F8N5O4S/c1-12-18(28)7-20(39(12)44(41,42)22-6-13-4-16(27)2-3-21(13)43-22)23(40)36-8-14-5-19(35-11-17(14)25(29,30)31)15-9-37-24(38-10-15)26(32,33)34/h2-6,9-12,18,20H,7-8H2,1H3,(H,36,40)/t12-,18+,20-/m0/s1. The Morgan fingerprint density at radius 2 is 1.70 bits per heavy atom. The van der Waals surface area contributed by atoms with Crippen LogP contribution in [0.5, 0.6) is 0 Å². The van der Waals surface area contributed by atoms with Gasteiger partial charge in [-0.3, -0.25) is 9.78 Å². The number of hydrogen-bond acceptors (Lipinski definition) is 7. The predicted molar refractivity (Wildman–Crippen MR) is 135 cm³/mol. The third kappa shape index (κ3) is 5.95. The zero-order chi connectivity index (χ0) is 32.2. The molecule has 9 nitrogen and oxygen atoms in total. The first-order valence-electron chi connectivity index (χ1n) is 12.6. The Morgan fingerprint density at radius 3 is 2.34 bits per heavy atom. The van der Waals surface area contributed by atoms with Crippen molar-refractivity contribution in [1.29, 1.82) is 0 Å². The molecule has 44 heavy (non-hydrogen) atoms. The van der Waals surface area contributed by atoms with Gasteiger partial charge in [0.1, 0.15) is 23.6 Å². The van der Waals surface area contributed by atoms with Crippen LogP contribution in [0.25, 0.3) is 22.2 Å². The van der Waals surface area contributed by atoms with E-state index in [1.807, 2.05) is 0 Å². The fourth-order valence-corrected chi connectivity index (χ4v) is 6.52. The first-order chi connectivity index (χ1) is 20.5. The summed E-state index contributed by atoms with van der Waals surface area (Å²) in [6.07, 6.45) is -10.5. The van der Waals surface area contributed by atoms with Crippen molar-refractivity contribution >= 4 is 26.9 Å². The molecular formula is C26H19F8N5O4S. The van der Waals surface area contributed by atoms with Gasteiger partial charge >= 0.3 is 12.4 Å². The number of amides is 1. The van der Waals surface area contributed by atoms with Gasteiger partial charge in [-0.15, -0.1) is 0 Å². The first-order valence-corrected chi connectivity index (χ1v) is 14.0. The van der Waals surface area contributed by atoms with Crippen LogP contribution in [0.2, 0.25) is 0 Å². The van der Waals surface area contributed by atoms with E-state index in [-0.39, 0.29) is 22.2 Å². The van der Waals surface area contributed by atoms with E-state index in [1.54, 1.807) is 0 Å². The van der Waals surface area contributed by atoms with E-state index in [1.165, 1.54) is 13.0 Å². The maximum atomic E-state index is 14.8. The Labute approximate surface area is 243 Å². The third-order valence-electron chi connectivity index (χ3n) is 6.92. The Morgan fingerprint density at radius 1 is 1.02 bits per heavy atom. The number of carbonyl (C=O) groups is 1. The van der Waals surface area contributed by atoms with Crippen molar-refractivity contribution in [2.45, 2.75) is 55.6 Å². The molecule has 1 saturated heterocycles. The molecule has 1 aromatic carbocycles. The van der Waals surface area contributed by atoms with E-state index in [4.69, 9.17) is 4.42 Å². The van der Waals surface area contributed by atoms with Crippen molar-refractivity contribution in [2.24, 2.45) is 0 Å². The zero-order valence-electron chi connectivity index (χ0n) is 22.1. The Bertz CT molecular complexity index is 1830. The van der Waals surface area contributed by atoms with E-state index in [9.17, 15) is 48.3 Å². The molecule has 3 atom stereocenters. The number of carbonyl (C=O) groups excluding carboxylic acids is 1. The van der Waals surface area contributed by atoms with Gasteiger partial charge in [0.15, 0.2) is 0 Å². The third-order valence-corrected chi connectivity index (χ3v) is 8.77. The summed E-state index contributed by atoms with van der Waals surface area (Å²) in [5, 5.41) is 1.57. The summed E-state index contributed by atoms with van der Waals surface area (Å²) in [4.78, 5) is 23.1. The summed E-state index contributed by atoms with van der Waals surface area (Å²) in [5.41, 5.74) is -2.28. The fourth-order valence-electron chi connectivity index (χ4n) is 4.75. The Kier molecular flexibility index (Phi) is 7.86. The smallest absolute Gasteiger partial charge is 0.443 e. The lowest BCUT2D eigenvalue weighted by Gasteiger charge is -2.25. The first kappa shape index (κ1) is 31.2. The number of fused-ring (bicyclic) bond motifs is 1. The largest absolute Gasteiger partial charge is 0.451 e. The van der Waals surface area contributed by atoms with Crippen LogP contribution in [0.3, 0.4) is 0 Å². The van der Waals surface area contributed by atoms with Crippen LogP contribution >= 0.6 is 0 Å². The van der Waals surface area contributed by atoms with Crippen molar-refractivity contribution in [3.63, 3.8) is 0 Å². The minimum atomic E-state index is -4.97. The minimum absolute atomic E-state index is 0.00115. The highest BCUT2D eigenvalue weighted by Gasteiger charge is 2.50. The minimum Gasteiger partial charge on any atom is -0.443 e. The molecular weight excluding hydrogens is 630 g/mol. The molecule has 1 aliphatic rings. The molecule has 0 unspecified atom stereocenters. The van der Waals surface area contributed by atoms with Crippen LogP contribution in [0.1, 0.15) is 30.3 Å². The summed E-state index contributed by atoms with van der Waals surface area (Å²) in [5.74, 6) is -3.29. The van der Waals surface area contributed by atoms with Crippen molar-refractivity contribution in [1.82, 2.24) is 24.6 Å². The Balaban J connectivity index is 1.42. The van der Waals surface area contributed by atoms with Crippen molar-refractivity contribution < 1.29 is 52.8 Å². The van der Waals surface area contributed by atoms with Crippen molar-refractivity contribution in [3.8, 4) is 11.3 Å². The molecule has 0 saturated carbocycles. The summed E-state index contributed by atoms with van der Waals surface area (Å²) < 4.78 is 141. The molecule has 0 radical (unpaired) electrons. The summed E-state index contributed by atoms with van der Waals surface area (Å²) >= 11 is 0. The number of furan rings is 1. The van der Waals surface area contributed by atoms with Crippen LogP contribution in [0.15, 0.2) is 58.4 Å². The van der Waals surface area contributed by atoms with Gasteiger partial charge in [-0.2, -0.15) is 30.6 Å². The van der Waals surface area contributed by atoms with Crippen LogP contribution in [0, 0.1) is 5.82 Å². The second-order valence-electron chi connectivity index (χ2n) is 9.83. The number of nitrogens with one attached hydrogen (secondary N) is 1. The van der Waals surface area contributed by atoms with E-state index in [0.29, 0.717) is 22.9 Å². The number of sulfonamides is 1. The number of nitrogens with zero attached hydrogens (tertiary/aromatic N) is 4. The van der Waals surface area contributed by atoms with Crippen LogP contribution in [0.4, 0.5) is 35.1 Å². The van der Waals surface area contributed by atoms with Crippen molar-refractivity contribution in [3.05, 3.63) is 71.7 Å². The van der Waals surface area contributed by atoms with Gasteiger partial charge < -0.3 is 9.73 Å². The second kappa shape index (κ2) is 11.1. The van der Waals surface area contributed by atoms with Gasteiger partial charge in [-0.05, 0) is 36.8 Å². The average molecular weight is 650 g/mol. The van der Waals surface area contributed by atoms with Gasteiger partial charge in [-0.1, -0.05) is 0 Å². The molecule has 1 N–H and O–H groups in total. The number of benzene rings is 1. The lowest BCUT2D eigenvalue weighted by Crippen LogP contribution is -2.48. The molecule has 0 spiro atoms. The number of rotatable bonds is 6. The number of alkyl halides is 7. The molecule has 1 amide bonds. The van der Waals surface area contributed by atoms with E-state index in [2.05, 4.69) is 20.3 Å². The summed E-state index contributed by atoms with van der Waals surface area (Å²) in [6.45, 7) is 0.352. The number of aromatic nitrogens is 3. The van der Waals surface area contributed by atoms with Gasteiger partial charge in [0, 0.05) is 48.6 Å². The highest BCUT2D eigenvalue weighted by atomic mass is 32.2. The topological polar surface area (TPSA) is 118 Å². The molecule has 0 aliphatic carbocycles. The highest BCUT2D eigenvalue weighted by Crippen LogP contribution is 2.36. The van der Waals surface area contributed by atoms with E-state index < -0.39 is 87.4 Å². The molecule has 234 valence electrons. The second-order valence-corrected chi connectivity index (χ2v) is 11.6. The van der Waals surface area contributed by atoms with Crippen LogP contribution < -0.4 is 5.32 Å². The number of halogens is 8. The molecule has 0 bridgehead atoms. The Hall–Kier alpha value is -4.19. The van der Waals surface area contributed by atoms with E-state index in [0.717, 1.165) is 24.3 Å². The number of pyridine rings is 1. The molecule has 1 fully saturated rings. The molecule has 3 aromatic heterocycles. The highest BCUT2D eigenvalue weighted by molar-refractivity contribution is 7.89. The maximum Gasteiger partial charge on any atom is 0.451 e. The summed E-state index contributed by atoms with van der Waals surface area (Å²) in [6, 6.07) is 1.99. The van der Waals surface area contributed by atoms with Gasteiger partial charge in [-0.25, -0.2) is 27.2 Å². The quantitative estimate of drug-likeness (QED) is 0.283. The SMILES string of the molecule is C[C@H]1[C@H](F)C[C@@H](C(=O)NCc2cc(-c3cnc(C(F)(F)F)nc3)ncc2C(F)(F)F)N1S(=O)(=O)c1cc2cc(F)ccc2o1. The molecule has 4 aromatic rings. The van der Waals surface area contributed by atoms with Crippen LogP contribution in [-0.4, -0.2) is 51.8 Å². The molecule has 5 rings (SSSR count). The fraction of sp³-hybridized carbons (Fsp3) is 0.308. The monoisotopic (exact) mass is 649 g/mol. The van der Waals surface area contributed by atoms with Gasteiger partial charge in [0.2, 0.25) is 16.8 Å². The summed E-state index contributed by atoms with van der Waals surface area (Å²) in [7, 11) is -4.70. The zero-order valence-corrected chi connectivity index (χ0v) is 22.9. The normalized spacial score (nSPS) is 19.9. The van der Waals surface area contributed by atoms with E-state index >= 15 is 0 Å².